The fourth-order valence-corrected chi connectivity index (χ4v) is 2.93. The van der Waals surface area contributed by atoms with Crippen LogP contribution in [0.15, 0.2) is 70.0 Å². The van der Waals surface area contributed by atoms with Crippen molar-refractivity contribution in [1.82, 2.24) is 19.9 Å². The van der Waals surface area contributed by atoms with Gasteiger partial charge in [0.15, 0.2) is 0 Å². The van der Waals surface area contributed by atoms with E-state index in [1.807, 2.05) is 31.1 Å². The van der Waals surface area contributed by atoms with Gasteiger partial charge in [0, 0.05) is 37.1 Å². The first-order valence-electron chi connectivity index (χ1n) is 9.64. The van der Waals surface area contributed by atoms with Crippen LogP contribution < -0.4 is 15.8 Å². The molecule has 9 nitrogen and oxygen atoms in total. The minimum Gasteiger partial charge on any atom is -0.378 e. The summed E-state index contributed by atoms with van der Waals surface area (Å²) in [5, 5.41) is 10.7. The van der Waals surface area contributed by atoms with Crippen LogP contribution in [0.25, 0.3) is 23.0 Å². The van der Waals surface area contributed by atoms with Crippen molar-refractivity contribution >= 4 is 17.3 Å². The number of nitrogens with zero attached hydrogens (tertiary/aromatic N) is 5. The third-order valence-corrected chi connectivity index (χ3v) is 4.56. The molecule has 0 unspecified atom stereocenters. The maximum Gasteiger partial charge on any atom is 0.278 e. The third-order valence-electron chi connectivity index (χ3n) is 4.56. The standard InChI is InChI=1S/C22H19FN6O3/c1-28(2)17-8-6-16(7-9-17)24-19(30)13-29-20(31)11-10-18(26-29)22-25-21(27-32-22)14-4-3-5-15(23)12-14/h3-12H,13H2,1-2H3,(H,24,30). The predicted molar refractivity (Wildman–Crippen MR) is 117 cm³/mol. The molecule has 2 heterocycles. The molecule has 0 aliphatic carbocycles. The number of aromatic nitrogens is 4. The van der Waals surface area contributed by atoms with E-state index in [-0.39, 0.29) is 24.0 Å². The van der Waals surface area contributed by atoms with Crippen LogP contribution in [-0.2, 0) is 11.3 Å². The number of carbonyl (C=O) groups is 1. The second-order valence-electron chi connectivity index (χ2n) is 7.14. The summed E-state index contributed by atoms with van der Waals surface area (Å²) in [6.45, 7) is -0.299. The number of nitrogens with one attached hydrogen (secondary N) is 1. The lowest BCUT2D eigenvalue weighted by molar-refractivity contribution is -0.117. The van der Waals surface area contributed by atoms with Gasteiger partial charge in [-0.1, -0.05) is 17.3 Å². The van der Waals surface area contributed by atoms with E-state index in [1.54, 1.807) is 18.2 Å². The fraction of sp³-hybridized carbons (Fsp3) is 0.136. The first-order valence-corrected chi connectivity index (χ1v) is 9.64. The van der Waals surface area contributed by atoms with Gasteiger partial charge in [0.1, 0.15) is 18.1 Å². The van der Waals surface area contributed by atoms with Gasteiger partial charge in [-0.25, -0.2) is 9.07 Å². The van der Waals surface area contributed by atoms with Crippen molar-refractivity contribution in [3.63, 3.8) is 0 Å². The smallest absolute Gasteiger partial charge is 0.278 e. The highest BCUT2D eigenvalue weighted by Crippen LogP contribution is 2.21. The third kappa shape index (κ3) is 4.69. The highest BCUT2D eigenvalue weighted by Gasteiger charge is 2.15. The van der Waals surface area contributed by atoms with Gasteiger partial charge < -0.3 is 14.7 Å². The van der Waals surface area contributed by atoms with Gasteiger partial charge in [-0.3, -0.25) is 9.59 Å². The minimum atomic E-state index is -0.461. The summed E-state index contributed by atoms with van der Waals surface area (Å²) in [6, 6.07) is 15.7. The Kier molecular flexibility index (Phi) is 5.75. The molecule has 0 atom stereocenters. The van der Waals surface area contributed by atoms with E-state index in [9.17, 15) is 14.0 Å². The van der Waals surface area contributed by atoms with Crippen molar-refractivity contribution in [3.8, 4) is 23.0 Å². The zero-order valence-corrected chi connectivity index (χ0v) is 17.3. The van der Waals surface area contributed by atoms with E-state index in [0.29, 0.717) is 11.3 Å². The highest BCUT2D eigenvalue weighted by atomic mass is 19.1. The van der Waals surface area contributed by atoms with Crippen molar-refractivity contribution in [2.45, 2.75) is 6.54 Å². The molecule has 162 valence electrons. The second kappa shape index (κ2) is 8.80. The molecule has 2 aromatic carbocycles. The molecule has 0 radical (unpaired) electrons. The molecule has 10 heteroatoms. The Hall–Kier alpha value is -4.34. The number of amides is 1. The Morgan fingerprint density at radius 2 is 1.91 bits per heavy atom. The van der Waals surface area contributed by atoms with Gasteiger partial charge in [0.05, 0.1) is 0 Å². The Labute approximate surface area is 182 Å². The summed E-state index contributed by atoms with van der Waals surface area (Å²) in [5.74, 6) is -0.626. The van der Waals surface area contributed by atoms with Crippen LogP contribution in [0.5, 0.6) is 0 Å². The molecule has 0 aliphatic rings. The molecule has 1 N–H and O–H groups in total. The number of carbonyl (C=O) groups excluding carboxylic acids is 1. The number of halogens is 1. The zero-order chi connectivity index (χ0) is 22.7. The van der Waals surface area contributed by atoms with Crippen molar-refractivity contribution in [1.29, 1.82) is 0 Å². The Morgan fingerprint density at radius 1 is 1.12 bits per heavy atom. The molecule has 32 heavy (non-hydrogen) atoms. The molecular formula is C22H19FN6O3. The van der Waals surface area contributed by atoms with E-state index < -0.39 is 17.3 Å². The van der Waals surface area contributed by atoms with E-state index in [4.69, 9.17) is 4.52 Å². The van der Waals surface area contributed by atoms with Crippen molar-refractivity contribution in [2.24, 2.45) is 0 Å². The number of anilines is 2. The summed E-state index contributed by atoms with van der Waals surface area (Å²) < 4.78 is 19.6. The van der Waals surface area contributed by atoms with Crippen molar-refractivity contribution < 1.29 is 13.7 Å². The highest BCUT2D eigenvalue weighted by molar-refractivity contribution is 5.90. The van der Waals surface area contributed by atoms with Crippen LogP contribution in [0.2, 0.25) is 0 Å². The Bertz CT molecular complexity index is 1310. The van der Waals surface area contributed by atoms with Crippen LogP contribution in [0.3, 0.4) is 0 Å². The quantitative estimate of drug-likeness (QED) is 0.497. The topological polar surface area (TPSA) is 106 Å². The monoisotopic (exact) mass is 434 g/mol. The molecule has 0 fully saturated rings. The molecule has 0 saturated carbocycles. The molecule has 4 rings (SSSR count). The lowest BCUT2D eigenvalue weighted by atomic mass is 10.2. The van der Waals surface area contributed by atoms with Crippen molar-refractivity contribution in [2.75, 3.05) is 24.3 Å². The molecular weight excluding hydrogens is 415 g/mol. The summed E-state index contributed by atoms with van der Waals surface area (Å²) in [6.07, 6.45) is 0. The summed E-state index contributed by atoms with van der Waals surface area (Å²) in [5.41, 5.74) is 1.78. The number of rotatable bonds is 6. The molecule has 4 aromatic rings. The van der Waals surface area contributed by atoms with Gasteiger partial charge in [-0.15, -0.1) is 0 Å². The molecule has 0 aliphatic heterocycles. The lowest BCUT2D eigenvalue weighted by Crippen LogP contribution is -2.29. The lowest BCUT2D eigenvalue weighted by Gasteiger charge is -2.13. The molecule has 0 bridgehead atoms. The largest absolute Gasteiger partial charge is 0.378 e. The van der Waals surface area contributed by atoms with Crippen LogP contribution >= 0.6 is 0 Å². The van der Waals surface area contributed by atoms with E-state index in [0.717, 1.165) is 10.4 Å². The summed E-state index contributed by atoms with van der Waals surface area (Å²) in [7, 11) is 3.84. The first kappa shape index (κ1) is 20.9. The maximum atomic E-state index is 13.4. The second-order valence-corrected chi connectivity index (χ2v) is 7.14. The van der Waals surface area contributed by atoms with E-state index in [1.165, 1.54) is 30.3 Å². The Morgan fingerprint density at radius 3 is 2.62 bits per heavy atom. The molecule has 1 amide bonds. The van der Waals surface area contributed by atoms with E-state index >= 15 is 0 Å². The zero-order valence-electron chi connectivity index (χ0n) is 17.3. The summed E-state index contributed by atoms with van der Waals surface area (Å²) in [4.78, 5) is 30.7. The van der Waals surface area contributed by atoms with E-state index in [2.05, 4.69) is 20.6 Å². The van der Waals surface area contributed by atoms with Crippen LogP contribution in [0.4, 0.5) is 15.8 Å². The van der Waals surface area contributed by atoms with Crippen LogP contribution in [-0.4, -0.2) is 39.9 Å². The van der Waals surface area contributed by atoms with Gasteiger partial charge in [-0.05, 0) is 42.5 Å². The number of hydrogen-bond acceptors (Lipinski definition) is 7. The maximum absolute atomic E-state index is 13.4. The fourth-order valence-electron chi connectivity index (χ4n) is 2.93. The van der Waals surface area contributed by atoms with Gasteiger partial charge in [0.25, 0.3) is 11.4 Å². The SMILES string of the molecule is CN(C)c1ccc(NC(=O)Cn2nc(-c3nc(-c4cccc(F)c4)no3)ccc2=O)cc1. The normalized spacial score (nSPS) is 10.7. The molecule has 0 saturated heterocycles. The number of hydrogen-bond donors (Lipinski definition) is 1. The first-order chi connectivity index (χ1) is 15.4. The van der Waals surface area contributed by atoms with Gasteiger partial charge in [0.2, 0.25) is 11.7 Å². The number of benzene rings is 2. The van der Waals surface area contributed by atoms with Gasteiger partial charge >= 0.3 is 0 Å². The van der Waals surface area contributed by atoms with Gasteiger partial charge in [-0.2, -0.15) is 10.1 Å². The summed E-state index contributed by atoms with van der Waals surface area (Å²) >= 11 is 0. The Balaban J connectivity index is 1.50. The van der Waals surface area contributed by atoms with Crippen LogP contribution in [0.1, 0.15) is 0 Å². The average Bonchev–Trinajstić information content (AvgIpc) is 3.26. The minimum absolute atomic E-state index is 0.0395. The predicted octanol–water partition coefficient (Wildman–Crippen LogP) is 2.80. The average molecular weight is 434 g/mol. The van der Waals surface area contributed by atoms with Crippen molar-refractivity contribution in [3.05, 3.63) is 76.8 Å². The molecule has 2 aromatic heterocycles. The molecule has 0 spiro atoms. The van der Waals surface area contributed by atoms with Crippen LogP contribution in [0, 0.1) is 5.82 Å².